The van der Waals surface area contributed by atoms with E-state index in [1.807, 2.05) is 18.2 Å². The number of nitrogens with zero attached hydrogens (tertiary/aromatic N) is 2. The van der Waals surface area contributed by atoms with Gasteiger partial charge in [-0.2, -0.15) is 0 Å². The first-order chi connectivity index (χ1) is 13.0. The molecular formula is C19H21IN2O4S. The number of rotatable bonds is 4. The van der Waals surface area contributed by atoms with Crippen LogP contribution in [0.15, 0.2) is 23.1 Å². The molecule has 0 saturated carbocycles. The maximum Gasteiger partial charge on any atom is 0.294 e. The van der Waals surface area contributed by atoms with E-state index in [9.17, 15) is 14.4 Å². The van der Waals surface area contributed by atoms with Crippen LogP contribution in [0.2, 0.25) is 0 Å². The SMILES string of the molecule is COc1ccc(C=C2SC(=O)N(CC(=O)N3CCCCCC3)C2=O)cc1I. The van der Waals surface area contributed by atoms with Crippen molar-refractivity contribution in [2.75, 3.05) is 26.7 Å². The highest BCUT2D eigenvalue weighted by Gasteiger charge is 2.37. The van der Waals surface area contributed by atoms with Gasteiger partial charge >= 0.3 is 0 Å². The Bertz CT molecular complexity index is 788. The summed E-state index contributed by atoms with van der Waals surface area (Å²) in [6.07, 6.45) is 5.87. The molecule has 2 saturated heterocycles. The van der Waals surface area contributed by atoms with Crippen LogP contribution in [0.3, 0.4) is 0 Å². The number of thioether (sulfide) groups is 1. The first-order valence-corrected chi connectivity index (χ1v) is 10.8. The summed E-state index contributed by atoms with van der Waals surface area (Å²) in [6.45, 7) is 1.23. The van der Waals surface area contributed by atoms with E-state index in [4.69, 9.17) is 4.74 Å². The number of likely N-dealkylation sites (tertiary alicyclic amines) is 1. The second-order valence-electron chi connectivity index (χ2n) is 6.46. The van der Waals surface area contributed by atoms with E-state index in [-0.39, 0.29) is 12.5 Å². The maximum absolute atomic E-state index is 12.6. The van der Waals surface area contributed by atoms with E-state index < -0.39 is 11.1 Å². The van der Waals surface area contributed by atoms with Crippen molar-refractivity contribution in [3.63, 3.8) is 0 Å². The summed E-state index contributed by atoms with van der Waals surface area (Å²) in [5.41, 5.74) is 0.810. The lowest BCUT2D eigenvalue weighted by atomic mass is 10.2. The van der Waals surface area contributed by atoms with Crippen LogP contribution in [0.25, 0.3) is 6.08 Å². The fraction of sp³-hybridized carbons (Fsp3) is 0.421. The minimum absolute atomic E-state index is 0.153. The Kier molecular flexibility index (Phi) is 6.80. The molecule has 0 atom stereocenters. The molecule has 27 heavy (non-hydrogen) atoms. The number of methoxy groups -OCH3 is 1. The minimum Gasteiger partial charge on any atom is -0.496 e. The number of carbonyl (C=O) groups excluding carboxylic acids is 3. The molecule has 1 aromatic carbocycles. The van der Waals surface area contributed by atoms with E-state index in [1.54, 1.807) is 18.1 Å². The average Bonchev–Trinajstić information content (AvgIpc) is 2.86. The first kappa shape index (κ1) is 20.2. The van der Waals surface area contributed by atoms with E-state index in [0.717, 1.165) is 57.2 Å². The zero-order valence-corrected chi connectivity index (χ0v) is 18.0. The number of hydrogen-bond acceptors (Lipinski definition) is 5. The third-order valence-corrected chi connectivity index (χ3v) is 6.35. The van der Waals surface area contributed by atoms with E-state index in [1.165, 1.54) is 0 Å². The average molecular weight is 500 g/mol. The molecule has 0 N–H and O–H groups in total. The molecule has 3 rings (SSSR count). The van der Waals surface area contributed by atoms with Gasteiger partial charge in [0.2, 0.25) is 5.91 Å². The zero-order valence-electron chi connectivity index (χ0n) is 15.1. The standard InChI is InChI=1S/C19H21IN2O4S/c1-26-15-7-6-13(10-14(15)20)11-16-18(24)22(19(25)27-16)12-17(23)21-8-4-2-3-5-9-21/h6-7,10-11H,2-5,8-9,12H2,1H3. The number of benzene rings is 1. The molecule has 2 aliphatic rings. The smallest absolute Gasteiger partial charge is 0.294 e. The summed E-state index contributed by atoms with van der Waals surface area (Å²) in [7, 11) is 1.60. The fourth-order valence-electron chi connectivity index (χ4n) is 3.12. The second kappa shape index (κ2) is 9.09. The van der Waals surface area contributed by atoms with Gasteiger partial charge in [-0.1, -0.05) is 18.9 Å². The summed E-state index contributed by atoms with van der Waals surface area (Å²) in [4.78, 5) is 40.6. The molecule has 0 bridgehead atoms. The van der Waals surface area contributed by atoms with Crippen LogP contribution in [-0.4, -0.2) is 53.6 Å². The molecule has 0 aromatic heterocycles. The van der Waals surface area contributed by atoms with Crippen LogP contribution < -0.4 is 4.74 Å². The molecule has 1 aromatic rings. The lowest BCUT2D eigenvalue weighted by molar-refractivity contribution is -0.135. The van der Waals surface area contributed by atoms with Crippen LogP contribution >= 0.6 is 34.4 Å². The Morgan fingerprint density at radius 2 is 1.93 bits per heavy atom. The Morgan fingerprint density at radius 1 is 1.22 bits per heavy atom. The predicted molar refractivity (Wildman–Crippen MR) is 113 cm³/mol. The van der Waals surface area contributed by atoms with Gasteiger partial charge in [0.25, 0.3) is 11.1 Å². The number of hydrogen-bond donors (Lipinski definition) is 0. The van der Waals surface area contributed by atoms with Crippen LogP contribution in [0.5, 0.6) is 5.75 Å². The molecule has 0 radical (unpaired) electrons. The lowest BCUT2D eigenvalue weighted by Crippen LogP contribution is -2.42. The maximum atomic E-state index is 12.6. The topological polar surface area (TPSA) is 66.9 Å². The van der Waals surface area contributed by atoms with Gasteiger partial charge in [-0.25, -0.2) is 0 Å². The summed E-state index contributed by atoms with van der Waals surface area (Å²) in [5.74, 6) is 0.197. The highest BCUT2D eigenvalue weighted by molar-refractivity contribution is 14.1. The van der Waals surface area contributed by atoms with Crippen molar-refractivity contribution in [2.24, 2.45) is 0 Å². The van der Waals surface area contributed by atoms with Gasteiger partial charge in [-0.05, 0) is 71.0 Å². The van der Waals surface area contributed by atoms with Crippen LogP contribution in [0.1, 0.15) is 31.2 Å². The monoisotopic (exact) mass is 500 g/mol. The van der Waals surface area contributed by atoms with Gasteiger partial charge in [-0.15, -0.1) is 0 Å². The van der Waals surface area contributed by atoms with Crippen molar-refractivity contribution in [3.05, 3.63) is 32.2 Å². The van der Waals surface area contributed by atoms with Crippen LogP contribution in [-0.2, 0) is 9.59 Å². The predicted octanol–water partition coefficient (Wildman–Crippen LogP) is 3.74. The first-order valence-electron chi connectivity index (χ1n) is 8.86. The molecular weight excluding hydrogens is 479 g/mol. The number of carbonyl (C=O) groups is 3. The van der Waals surface area contributed by atoms with Gasteiger partial charge in [0.05, 0.1) is 15.6 Å². The molecule has 144 valence electrons. The van der Waals surface area contributed by atoms with Crippen molar-refractivity contribution < 1.29 is 19.1 Å². The summed E-state index contributed by atoms with van der Waals surface area (Å²) in [6, 6.07) is 5.54. The highest BCUT2D eigenvalue weighted by atomic mass is 127. The molecule has 0 unspecified atom stereocenters. The van der Waals surface area contributed by atoms with Gasteiger partial charge in [-0.3, -0.25) is 19.3 Å². The molecule has 2 fully saturated rings. The summed E-state index contributed by atoms with van der Waals surface area (Å²) < 4.78 is 6.15. The normalized spacial score (nSPS) is 19.6. The Hall–Kier alpha value is -1.55. The second-order valence-corrected chi connectivity index (χ2v) is 8.61. The molecule has 6 nitrogen and oxygen atoms in total. The van der Waals surface area contributed by atoms with E-state index >= 15 is 0 Å². The minimum atomic E-state index is -0.404. The van der Waals surface area contributed by atoms with Gasteiger partial charge in [0, 0.05) is 13.1 Å². The van der Waals surface area contributed by atoms with E-state index in [0.29, 0.717) is 18.0 Å². The largest absolute Gasteiger partial charge is 0.496 e. The van der Waals surface area contributed by atoms with Crippen molar-refractivity contribution in [2.45, 2.75) is 25.7 Å². The highest BCUT2D eigenvalue weighted by Crippen LogP contribution is 2.33. The molecule has 0 aliphatic carbocycles. The summed E-state index contributed by atoms with van der Waals surface area (Å²) >= 11 is 3.04. The number of amides is 3. The van der Waals surface area contributed by atoms with Crippen molar-refractivity contribution in [1.29, 1.82) is 0 Å². The van der Waals surface area contributed by atoms with Gasteiger partial charge in [0.1, 0.15) is 12.3 Å². The Balaban J connectivity index is 1.70. The quantitative estimate of drug-likeness (QED) is 0.466. The number of ether oxygens (including phenoxy) is 1. The van der Waals surface area contributed by atoms with E-state index in [2.05, 4.69) is 22.6 Å². The number of imide groups is 1. The van der Waals surface area contributed by atoms with Gasteiger partial charge in [0.15, 0.2) is 0 Å². The zero-order chi connectivity index (χ0) is 19.4. The molecule has 2 aliphatic heterocycles. The Morgan fingerprint density at radius 3 is 2.56 bits per heavy atom. The van der Waals surface area contributed by atoms with Crippen molar-refractivity contribution >= 4 is 57.5 Å². The van der Waals surface area contributed by atoms with Crippen LogP contribution in [0, 0.1) is 3.57 Å². The Labute approximate surface area is 176 Å². The molecule has 3 amide bonds. The molecule has 8 heteroatoms. The van der Waals surface area contributed by atoms with Crippen molar-refractivity contribution in [3.8, 4) is 5.75 Å². The fourth-order valence-corrected chi connectivity index (χ4v) is 4.71. The van der Waals surface area contributed by atoms with Gasteiger partial charge < -0.3 is 9.64 Å². The number of halogens is 1. The molecule has 2 heterocycles. The molecule has 0 spiro atoms. The van der Waals surface area contributed by atoms with Crippen molar-refractivity contribution in [1.82, 2.24) is 9.80 Å². The summed E-state index contributed by atoms with van der Waals surface area (Å²) in [5, 5.41) is -0.391. The third kappa shape index (κ3) is 4.84. The lowest BCUT2D eigenvalue weighted by Gasteiger charge is -2.22. The third-order valence-electron chi connectivity index (χ3n) is 4.60. The van der Waals surface area contributed by atoms with Crippen LogP contribution in [0.4, 0.5) is 4.79 Å².